The summed E-state index contributed by atoms with van der Waals surface area (Å²) in [4.78, 5) is 0. The van der Waals surface area contributed by atoms with Crippen LogP contribution in [0, 0.1) is 11.3 Å². The lowest BCUT2D eigenvalue weighted by molar-refractivity contribution is -0.113. The van der Waals surface area contributed by atoms with Gasteiger partial charge in [-0.2, -0.15) is 0 Å². The lowest BCUT2D eigenvalue weighted by Gasteiger charge is -2.46. The monoisotopic (exact) mass is 256 g/mol. The van der Waals surface area contributed by atoms with Crippen LogP contribution in [0.5, 0.6) is 0 Å². The van der Waals surface area contributed by atoms with E-state index in [1.807, 2.05) is 26.8 Å². The van der Waals surface area contributed by atoms with Gasteiger partial charge in [0.2, 0.25) is 0 Å². The molecule has 0 amide bonds. The normalized spacial score (nSPS) is 49.8. The summed E-state index contributed by atoms with van der Waals surface area (Å²) < 4.78 is 11.1. The van der Waals surface area contributed by atoms with E-state index in [1.54, 1.807) is 7.11 Å². The molecule has 0 aromatic carbocycles. The Labute approximate surface area is 109 Å². The first-order valence-electron chi connectivity index (χ1n) is 6.55. The quantitative estimate of drug-likeness (QED) is 0.743. The number of hydrogen-bond acceptors (Lipinski definition) is 4. The van der Waals surface area contributed by atoms with Crippen LogP contribution in [-0.4, -0.2) is 47.8 Å². The van der Waals surface area contributed by atoms with Gasteiger partial charge in [0.1, 0.15) is 0 Å². The Morgan fingerprint density at radius 3 is 2.67 bits per heavy atom. The summed E-state index contributed by atoms with van der Waals surface area (Å²) in [7, 11) is 1.67. The number of rotatable bonds is 3. The number of aliphatic hydroxyl groups is 2. The Morgan fingerprint density at radius 2 is 2.06 bits per heavy atom. The van der Waals surface area contributed by atoms with Gasteiger partial charge in [-0.05, 0) is 13.8 Å². The van der Waals surface area contributed by atoms with E-state index in [0.717, 1.165) is 0 Å². The van der Waals surface area contributed by atoms with Crippen molar-refractivity contribution in [2.75, 3.05) is 13.7 Å². The molecule has 2 aliphatic rings. The predicted molar refractivity (Wildman–Crippen MR) is 68.2 cm³/mol. The van der Waals surface area contributed by atoms with E-state index >= 15 is 0 Å². The second-order valence-corrected chi connectivity index (χ2v) is 6.13. The van der Waals surface area contributed by atoms with Crippen LogP contribution in [0.3, 0.4) is 0 Å². The number of methoxy groups -OCH3 is 1. The largest absolute Gasteiger partial charge is 0.390 e. The smallest absolute Gasteiger partial charge is 0.0882 e. The van der Waals surface area contributed by atoms with Crippen LogP contribution in [0.25, 0.3) is 0 Å². The van der Waals surface area contributed by atoms with Crippen LogP contribution >= 0.6 is 0 Å². The molecule has 6 atom stereocenters. The van der Waals surface area contributed by atoms with Crippen molar-refractivity contribution < 1.29 is 19.7 Å². The van der Waals surface area contributed by atoms with Crippen molar-refractivity contribution in [1.29, 1.82) is 0 Å². The maximum Gasteiger partial charge on any atom is 0.0882 e. The molecule has 4 heteroatoms. The molecule has 1 saturated carbocycles. The molecule has 2 bridgehead atoms. The fourth-order valence-electron chi connectivity index (χ4n) is 3.39. The van der Waals surface area contributed by atoms with Crippen molar-refractivity contribution in [3.63, 3.8) is 0 Å². The van der Waals surface area contributed by atoms with Crippen molar-refractivity contribution in [2.24, 2.45) is 11.3 Å². The third-order valence-electron chi connectivity index (χ3n) is 4.68. The van der Waals surface area contributed by atoms with Crippen molar-refractivity contribution >= 4 is 0 Å². The van der Waals surface area contributed by atoms with E-state index in [-0.39, 0.29) is 12.0 Å². The summed E-state index contributed by atoms with van der Waals surface area (Å²) in [5.74, 6) is 0.0981. The molecule has 0 aromatic rings. The molecule has 1 heterocycles. The number of aliphatic hydroxyl groups excluding tert-OH is 2. The second kappa shape index (κ2) is 4.60. The van der Waals surface area contributed by atoms with Crippen LogP contribution in [-0.2, 0) is 9.47 Å². The van der Waals surface area contributed by atoms with Crippen LogP contribution < -0.4 is 0 Å². The van der Waals surface area contributed by atoms with E-state index in [2.05, 4.69) is 6.08 Å². The Bertz CT molecular complexity index is 343. The van der Waals surface area contributed by atoms with Crippen LogP contribution in [0.4, 0.5) is 0 Å². The number of fused-ring (bicyclic) bond motifs is 2. The third-order valence-corrected chi connectivity index (χ3v) is 4.68. The molecule has 1 aliphatic heterocycles. The van der Waals surface area contributed by atoms with Gasteiger partial charge in [-0.3, -0.25) is 0 Å². The second-order valence-electron chi connectivity index (χ2n) is 6.13. The summed E-state index contributed by atoms with van der Waals surface area (Å²) in [5, 5.41) is 20.2. The van der Waals surface area contributed by atoms with Gasteiger partial charge in [0.15, 0.2) is 0 Å². The summed E-state index contributed by atoms with van der Waals surface area (Å²) in [6.07, 6.45) is 3.16. The van der Waals surface area contributed by atoms with Gasteiger partial charge in [0.05, 0.1) is 30.5 Å². The zero-order valence-electron chi connectivity index (χ0n) is 11.6. The SMILES string of the molecule is COC(C)/C=C/C1[C@@]2(C)C[C@@H](O)[C@H](O)[C@]1(C)CO2. The maximum absolute atomic E-state index is 10.2. The van der Waals surface area contributed by atoms with Crippen LogP contribution in [0.2, 0.25) is 0 Å². The third kappa shape index (κ3) is 2.01. The molecule has 0 spiro atoms. The van der Waals surface area contributed by atoms with Crippen molar-refractivity contribution in [3.8, 4) is 0 Å². The van der Waals surface area contributed by atoms with E-state index in [9.17, 15) is 10.2 Å². The minimum absolute atomic E-state index is 0.0422. The molecule has 104 valence electrons. The molecule has 18 heavy (non-hydrogen) atoms. The van der Waals surface area contributed by atoms with Gasteiger partial charge in [-0.1, -0.05) is 19.1 Å². The highest BCUT2D eigenvalue weighted by atomic mass is 16.5. The molecule has 2 N–H and O–H groups in total. The molecule has 0 radical (unpaired) electrons. The van der Waals surface area contributed by atoms with Crippen LogP contribution in [0.1, 0.15) is 27.2 Å². The average Bonchev–Trinajstić information content (AvgIpc) is 2.53. The van der Waals surface area contributed by atoms with Gasteiger partial charge >= 0.3 is 0 Å². The molecule has 2 unspecified atom stereocenters. The van der Waals surface area contributed by atoms with Gasteiger partial charge in [-0.15, -0.1) is 0 Å². The van der Waals surface area contributed by atoms with Crippen LogP contribution in [0.15, 0.2) is 12.2 Å². The summed E-state index contributed by atoms with van der Waals surface area (Å²) in [6.45, 7) is 6.45. The Balaban J connectivity index is 2.26. The molecular formula is C14H24O4. The first-order chi connectivity index (χ1) is 8.33. The van der Waals surface area contributed by atoms with E-state index in [0.29, 0.717) is 13.0 Å². The Kier molecular flexibility index (Phi) is 3.58. The topological polar surface area (TPSA) is 58.9 Å². The first kappa shape index (κ1) is 14.0. The minimum atomic E-state index is -0.736. The minimum Gasteiger partial charge on any atom is -0.390 e. The molecule has 0 aromatic heterocycles. The van der Waals surface area contributed by atoms with E-state index < -0.39 is 23.2 Å². The van der Waals surface area contributed by atoms with E-state index in [1.165, 1.54) is 0 Å². The molecule has 2 rings (SSSR count). The lowest BCUT2D eigenvalue weighted by Crippen LogP contribution is -2.55. The fraction of sp³-hybridized carbons (Fsp3) is 0.857. The van der Waals surface area contributed by atoms with Gasteiger partial charge < -0.3 is 19.7 Å². The predicted octanol–water partition coefficient (Wildman–Crippen LogP) is 1.11. The van der Waals surface area contributed by atoms with Gasteiger partial charge in [0.25, 0.3) is 0 Å². The summed E-state index contributed by atoms with van der Waals surface area (Å²) >= 11 is 0. The molecular weight excluding hydrogens is 232 g/mol. The Morgan fingerprint density at radius 1 is 1.39 bits per heavy atom. The number of hydrogen-bond donors (Lipinski definition) is 2. The lowest BCUT2D eigenvalue weighted by atomic mass is 9.61. The average molecular weight is 256 g/mol. The zero-order chi connectivity index (χ0) is 13.6. The highest BCUT2D eigenvalue weighted by Gasteiger charge is 2.61. The maximum atomic E-state index is 10.2. The highest BCUT2D eigenvalue weighted by molar-refractivity contribution is 5.17. The molecule has 2 fully saturated rings. The first-order valence-corrected chi connectivity index (χ1v) is 6.55. The Hall–Kier alpha value is -0.420. The van der Waals surface area contributed by atoms with Gasteiger partial charge in [0, 0.05) is 24.9 Å². The van der Waals surface area contributed by atoms with Crippen molar-refractivity contribution in [1.82, 2.24) is 0 Å². The van der Waals surface area contributed by atoms with Crippen molar-refractivity contribution in [3.05, 3.63) is 12.2 Å². The standard InChI is InChI=1S/C14H24O4/c1-9(17-4)5-6-11-13(2)8-18-14(11,3)7-10(15)12(13)16/h5-6,9-12,15-16H,7-8H2,1-4H3/b6-5+/t9?,10-,11?,12+,13-,14-/m1/s1. The van der Waals surface area contributed by atoms with Crippen molar-refractivity contribution in [2.45, 2.75) is 51.1 Å². The fourth-order valence-corrected chi connectivity index (χ4v) is 3.39. The highest BCUT2D eigenvalue weighted by Crippen LogP contribution is 2.54. The summed E-state index contributed by atoms with van der Waals surface area (Å²) in [5.41, 5.74) is -0.812. The molecule has 1 saturated heterocycles. The molecule has 1 aliphatic carbocycles. The zero-order valence-corrected chi connectivity index (χ0v) is 11.6. The molecule has 4 nitrogen and oxygen atoms in total. The number of ether oxygens (including phenoxy) is 2. The summed E-state index contributed by atoms with van der Waals surface area (Å²) in [6, 6.07) is 0. The van der Waals surface area contributed by atoms with E-state index in [4.69, 9.17) is 9.47 Å². The van der Waals surface area contributed by atoms with Gasteiger partial charge in [-0.25, -0.2) is 0 Å².